The zero-order valence-electron chi connectivity index (χ0n) is 12.3. The van der Waals surface area contributed by atoms with Crippen LogP contribution in [0, 0.1) is 25.7 Å². The van der Waals surface area contributed by atoms with Crippen molar-refractivity contribution in [3.05, 3.63) is 27.7 Å². The van der Waals surface area contributed by atoms with Crippen molar-refractivity contribution >= 4 is 33.5 Å². The first-order chi connectivity index (χ1) is 9.88. The van der Waals surface area contributed by atoms with E-state index in [4.69, 9.17) is 5.11 Å². The molecule has 1 fully saturated rings. The molecule has 0 radical (unpaired) electrons. The molecule has 21 heavy (non-hydrogen) atoms. The quantitative estimate of drug-likeness (QED) is 0.865. The molecule has 0 bridgehead atoms. The van der Waals surface area contributed by atoms with E-state index in [1.807, 2.05) is 26.0 Å². The van der Waals surface area contributed by atoms with E-state index in [0.717, 1.165) is 34.1 Å². The minimum absolute atomic E-state index is 0.0754. The fraction of sp³-hybridized carbons (Fsp3) is 0.500. The fourth-order valence-electron chi connectivity index (χ4n) is 2.95. The zero-order valence-corrected chi connectivity index (χ0v) is 13.9. The number of benzene rings is 1. The number of rotatable bonds is 3. The van der Waals surface area contributed by atoms with Crippen LogP contribution in [0.1, 0.15) is 36.8 Å². The Labute approximate surface area is 133 Å². The molecule has 2 N–H and O–H groups in total. The van der Waals surface area contributed by atoms with E-state index in [1.165, 1.54) is 0 Å². The van der Waals surface area contributed by atoms with E-state index < -0.39 is 11.9 Å². The summed E-state index contributed by atoms with van der Waals surface area (Å²) in [6.07, 6.45) is 2.66. The summed E-state index contributed by atoms with van der Waals surface area (Å²) in [7, 11) is 0. The Morgan fingerprint density at radius 3 is 2.52 bits per heavy atom. The molecule has 2 unspecified atom stereocenters. The zero-order chi connectivity index (χ0) is 15.6. The first kappa shape index (κ1) is 16.0. The summed E-state index contributed by atoms with van der Waals surface area (Å²) in [4.78, 5) is 23.5. The van der Waals surface area contributed by atoms with Gasteiger partial charge in [0.05, 0.1) is 11.6 Å². The average molecular weight is 354 g/mol. The second-order valence-electron chi connectivity index (χ2n) is 5.83. The van der Waals surface area contributed by atoms with Gasteiger partial charge in [-0.25, -0.2) is 0 Å². The predicted molar refractivity (Wildman–Crippen MR) is 85.3 cm³/mol. The number of hydrogen-bond donors (Lipinski definition) is 2. The highest BCUT2D eigenvalue weighted by Gasteiger charge is 2.31. The van der Waals surface area contributed by atoms with Crippen LogP contribution in [-0.4, -0.2) is 17.0 Å². The number of halogens is 1. The second kappa shape index (κ2) is 6.60. The largest absolute Gasteiger partial charge is 0.481 e. The molecule has 1 amide bonds. The second-order valence-corrected chi connectivity index (χ2v) is 6.68. The summed E-state index contributed by atoms with van der Waals surface area (Å²) in [6.45, 7) is 3.95. The van der Waals surface area contributed by atoms with E-state index in [2.05, 4.69) is 21.2 Å². The van der Waals surface area contributed by atoms with Gasteiger partial charge in [0.15, 0.2) is 0 Å². The van der Waals surface area contributed by atoms with E-state index in [9.17, 15) is 9.59 Å². The molecule has 5 heteroatoms. The van der Waals surface area contributed by atoms with Crippen LogP contribution in [0.4, 0.5) is 5.69 Å². The van der Waals surface area contributed by atoms with E-state index >= 15 is 0 Å². The number of amides is 1. The minimum atomic E-state index is -0.791. The van der Waals surface area contributed by atoms with Crippen molar-refractivity contribution in [3.8, 4) is 0 Å². The summed E-state index contributed by atoms with van der Waals surface area (Å²) < 4.78 is 0.860. The molecule has 0 aromatic heterocycles. The molecule has 1 aromatic rings. The third-order valence-corrected chi connectivity index (χ3v) is 4.70. The smallest absolute Gasteiger partial charge is 0.306 e. The Morgan fingerprint density at radius 1 is 1.24 bits per heavy atom. The van der Waals surface area contributed by atoms with Crippen molar-refractivity contribution in [2.75, 3.05) is 5.32 Å². The number of aliphatic carboxylic acids is 1. The number of carbonyl (C=O) groups excluding carboxylic acids is 1. The number of hydrogen-bond acceptors (Lipinski definition) is 2. The van der Waals surface area contributed by atoms with Gasteiger partial charge in [0.25, 0.3) is 0 Å². The number of carboxylic acid groups (broad SMARTS) is 1. The minimum Gasteiger partial charge on any atom is -0.481 e. The summed E-state index contributed by atoms with van der Waals surface area (Å²) in [5, 5.41) is 12.1. The Morgan fingerprint density at radius 2 is 1.90 bits per heavy atom. The van der Waals surface area contributed by atoms with Crippen LogP contribution in [0.5, 0.6) is 0 Å². The molecule has 1 saturated carbocycles. The Kier molecular flexibility index (Phi) is 5.04. The number of anilines is 1. The molecule has 0 saturated heterocycles. The predicted octanol–water partition coefficient (Wildman–Crippen LogP) is 3.90. The Balaban J connectivity index is 2.10. The lowest BCUT2D eigenvalue weighted by molar-refractivity contribution is -0.143. The highest BCUT2D eigenvalue weighted by Crippen LogP contribution is 2.32. The van der Waals surface area contributed by atoms with Gasteiger partial charge in [-0.1, -0.05) is 12.5 Å². The molecule has 0 heterocycles. The van der Waals surface area contributed by atoms with Crippen molar-refractivity contribution in [3.63, 3.8) is 0 Å². The third-order valence-electron chi connectivity index (χ3n) is 4.07. The lowest BCUT2D eigenvalue weighted by atomic mass is 9.81. The molecule has 2 atom stereocenters. The molecule has 114 valence electrons. The van der Waals surface area contributed by atoms with Crippen molar-refractivity contribution in [2.24, 2.45) is 11.8 Å². The Hall–Kier alpha value is -1.36. The van der Waals surface area contributed by atoms with Crippen molar-refractivity contribution < 1.29 is 14.7 Å². The number of nitrogens with one attached hydrogen (secondary N) is 1. The molecule has 1 aliphatic carbocycles. The summed E-state index contributed by atoms with van der Waals surface area (Å²) >= 11 is 3.48. The van der Waals surface area contributed by atoms with Crippen molar-refractivity contribution in [1.29, 1.82) is 0 Å². The summed E-state index contributed by atoms with van der Waals surface area (Å²) in [6, 6.07) is 3.98. The SMILES string of the molecule is Cc1cc(C)c(NC(=O)C2CCCC(C(=O)O)C2)c(Br)c1. The highest BCUT2D eigenvalue weighted by molar-refractivity contribution is 9.10. The standard InChI is InChI=1S/C16H20BrNO3/c1-9-6-10(2)14(13(17)7-9)18-15(19)11-4-3-5-12(8-11)16(20)21/h6-7,11-12H,3-5,8H2,1-2H3,(H,18,19)(H,20,21). The van der Waals surface area contributed by atoms with Crippen LogP contribution in [0.25, 0.3) is 0 Å². The van der Waals surface area contributed by atoms with Gasteiger partial charge >= 0.3 is 5.97 Å². The van der Waals surface area contributed by atoms with Crippen LogP contribution in [-0.2, 0) is 9.59 Å². The van der Waals surface area contributed by atoms with Gasteiger partial charge in [-0.05, 0) is 66.2 Å². The number of carbonyl (C=O) groups is 2. The first-order valence-corrected chi connectivity index (χ1v) is 7.98. The molecule has 4 nitrogen and oxygen atoms in total. The molecule has 0 spiro atoms. The lowest BCUT2D eigenvalue weighted by Gasteiger charge is -2.26. The maximum atomic E-state index is 12.4. The van der Waals surface area contributed by atoms with Crippen molar-refractivity contribution in [1.82, 2.24) is 0 Å². The van der Waals surface area contributed by atoms with Gasteiger partial charge in [0, 0.05) is 10.4 Å². The third kappa shape index (κ3) is 3.84. The fourth-order valence-corrected chi connectivity index (χ4v) is 3.72. The summed E-state index contributed by atoms with van der Waals surface area (Å²) in [5.74, 6) is -1.47. The topological polar surface area (TPSA) is 66.4 Å². The van der Waals surface area contributed by atoms with Crippen LogP contribution in [0.15, 0.2) is 16.6 Å². The molecule has 2 rings (SSSR count). The monoisotopic (exact) mass is 353 g/mol. The van der Waals surface area contributed by atoms with E-state index in [1.54, 1.807) is 0 Å². The van der Waals surface area contributed by atoms with Gasteiger partial charge in [-0.3, -0.25) is 9.59 Å². The van der Waals surface area contributed by atoms with Crippen LogP contribution < -0.4 is 5.32 Å². The van der Waals surface area contributed by atoms with Gasteiger partial charge in [0.1, 0.15) is 0 Å². The van der Waals surface area contributed by atoms with Crippen molar-refractivity contribution in [2.45, 2.75) is 39.5 Å². The van der Waals surface area contributed by atoms with Crippen LogP contribution in [0.2, 0.25) is 0 Å². The maximum Gasteiger partial charge on any atom is 0.306 e. The van der Waals surface area contributed by atoms with Gasteiger partial charge < -0.3 is 10.4 Å². The molecular formula is C16H20BrNO3. The highest BCUT2D eigenvalue weighted by atomic mass is 79.9. The maximum absolute atomic E-state index is 12.4. The normalized spacial score (nSPS) is 21.9. The van der Waals surface area contributed by atoms with Crippen LogP contribution >= 0.6 is 15.9 Å². The lowest BCUT2D eigenvalue weighted by Crippen LogP contribution is -2.31. The van der Waals surface area contributed by atoms with E-state index in [-0.39, 0.29) is 11.8 Å². The molecular weight excluding hydrogens is 334 g/mol. The first-order valence-electron chi connectivity index (χ1n) is 7.19. The molecule has 0 aliphatic heterocycles. The molecule has 1 aliphatic rings. The number of aryl methyl sites for hydroxylation is 2. The summed E-state index contributed by atoms with van der Waals surface area (Å²) in [5.41, 5.74) is 2.91. The van der Waals surface area contributed by atoms with Gasteiger partial charge in [-0.2, -0.15) is 0 Å². The average Bonchev–Trinajstić information content (AvgIpc) is 2.42. The molecule has 1 aromatic carbocycles. The van der Waals surface area contributed by atoms with Gasteiger partial charge in [-0.15, -0.1) is 0 Å². The van der Waals surface area contributed by atoms with Gasteiger partial charge in [0.2, 0.25) is 5.91 Å². The van der Waals surface area contributed by atoms with E-state index in [0.29, 0.717) is 12.8 Å². The number of carboxylic acids is 1. The Bertz CT molecular complexity index is 548. The van der Waals surface area contributed by atoms with Crippen LogP contribution in [0.3, 0.4) is 0 Å².